The van der Waals surface area contributed by atoms with E-state index in [-0.39, 0.29) is 39.7 Å². The molecule has 0 spiro atoms. The number of esters is 1. The normalized spacial score (nSPS) is 21.8. The monoisotopic (exact) mass is 649 g/mol. The van der Waals surface area contributed by atoms with Gasteiger partial charge in [-0.2, -0.15) is 13.2 Å². The molecule has 1 heterocycles. The predicted octanol–water partition coefficient (Wildman–Crippen LogP) is 6.69. The third-order valence-corrected chi connectivity index (χ3v) is 8.47. The van der Waals surface area contributed by atoms with Gasteiger partial charge in [0.25, 0.3) is 0 Å². The van der Waals surface area contributed by atoms with Crippen molar-refractivity contribution in [2.75, 3.05) is 26.1 Å². The van der Waals surface area contributed by atoms with Crippen LogP contribution in [0.3, 0.4) is 0 Å². The van der Waals surface area contributed by atoms with Crippen molar-refractivity contribution in [2.24, 2.45) is 11.1 Å². The van der Waals surface area contributed by atoms with Gasteiger partial charge >= 0.3 is 12.1 Å². The second kappa shape index (κ2) is 13.0. The van der Waals surface area contributed by atoms with E-state index < -0.39 is 58.3 Å². The molecular weight excluding hydrogens is 614 g/mol. The number of rotatable bonds is 8. The van der Waals surface area contributed by atoms with Crippen molar-refractivity contribution in [1.29, 1.82) is 0 Å². The number of ether oxygens (including phenoxy) is 2. The average molecular weight is 650 g/mol. The average Bonchev–Trinajstić information content (AvgIpc) is 3.30. The quantitative estimate of drug-likeness (QED) is 0.186. The molecule has 0 aliphatic carbocycles. The molecule has 0 radical (unpaired) electrons. The van der Waals surface area contributed by atoms with Gasteiger partial charge in [0.15, 0.2) is 0 Å². The van der Waals surface area contributed by atoms with Crippen molar-refractivity contribution in [3.8, 4) is 5.75 Å². The van der Waals surface area contributed by atoms with Crippen molar-refractivity contribution >= 4 is 29.2 Å². The number of hydrogen-bond donors (Lipinski definition) is 3. The molecule has 3 aromatic rings. The standard InChI is InChI=1S/C33H36ClF4N3O4/c1-31(2,3)16-26-32(17-39,22-15-19(34)11-12-23(22)35)27(20-8-6-7-9-21(20)33(36,37)38)28(41-26)29(42)40-24-13-10-18(30(43)45-5)14-25(24)44-4/h6-15,26-28,41H,16-17,39H2,1-5H3,(H,40,42)/t26-,27+,28+,32-/m0/s1. The van der Waals surface area contributed by atoms with E-state index in [0.717, 1.165) is 12.1 Å². The third kappa shape index (κ3) is 6.80. The van der Waals surface area contributed by atoms with E-state index in [1.54, 1.807) is 0 Å². The molecule has 1 amide bonds. The van der Waals surface area contributed by atoms with Crippen molar-refractivity contribution in [3.05, 3.63) is 93.8 Å². The van der Waals surface area contributed by atoms with Crippen LogP contribution in [0.2, 0.25) is 5.02 Å². The summed E-state index contributed by atoms with van der Waals surface area (Å²) in [5.41, 5.74) is 3.69. The molecule has 1 fully saturated rings. The minimum Gasteiger partial charge on any atom is -0.495 e. The highest BCUT2D eigenvalue weighted by Crippen LogP contribution is 2.54. The molecule has 45 heavy (non-hydrogen) atoms. The van der Waals surface area contributed by atoms with E-state index in [1.165, 1.54) is 62.8 Å². The zero-order valence-electron chi connectivity index (χ0n) is 25.5. The van der Waals surface area contributed by atoms with E-state index in [2.05, 4.69) is 10.6 Å². The van der Waals surface area contributed by atoms with Crippen LogP contribution in [-0.4, -0.2) is 44.7 Å². The lowest BCUT2D eigenvalue weighted by atomic mass is 9.61. The van der Waals surface area contributed by atoms with Crippen LogP contribution < -0.4 is 21.1 Å². The maximum Gasteiger partial charge on any atom is 0.416 e. The van der Waals surface area contributed by atoms with Gasteiger partial charge in [0, 0.05) is 28.9 Å². The molecule has 0 saturated carbocycles. The van der Waals surface area contributed by atoms with Crippen LogP contribution in [0.25, 0.3) is 0 Å². The number of methoxy groups -OCH3 is 2. The maximum atomic E-state index is 15.9. The number of alkyl halides is 3. The van der Waals surface area contributed by atoms with Crippen LogP contribution in [0.1, 0.15) is 60.2 Å². The SMILES string of the molecule is COC(=O)c1ccc(NC(=O)[C@@H]2N[C@@H](CC(C)(C)C)[C@](CN)(c3cc(Cl)ccc3F)[C@@H]2c2ccccc2C(F)(F)F)c(OC)c1. The van der Waals surface area contributed by atoms with Gasteiger partial charge in [0.2, 0.25) is 5.91 Å². The summed E-state index contributed by atoms with van der Waals surface area (Å²) in [5, 5.41) is 6.19. The van der Waals surface area contributed by atoms with Gasteiger partial charge in [-0.15, -0.1) is 0 Å². The van der Waals surface area contributed by atoms with Crippen LogP contribution in [0, 0.1) is 11.2 Å². The van der Waals surface area contributed by atoms with E-state index in [1.807, 2.05) is 20.8 Å². The Labute approximate surface area is 264 Å². The molecular formula is C33H36ClF4N3O4. The van der Waals surface area contributed by atoms with E-state index >= 15 is 4.39 Å². The number of nitrogens with two attached hydrogens (primary N) is 1. The number of hydrogen-bond acceptors (Lipinski definition) is 6. The molecule has 0 bridgehead atoms. The van der Waals surface area contributed by atoms with Crippen molar-refractivity contribution < 1.29 is 36.6 Å². The fraction of sp³-hybridized carbons (Fsp3) is 0.394. The Morgan fingerprint density at radius 2 is 1.73 bits per heavy atom. The first-order valence-corrected chi connectivity index (χ1v) is 14.6. The summed E-state index contributed by atoms with van der Waals surface area (Å²) in [4.78, 5) is 26.3. The van der Waals surface area contributed by atoms with E-state index in [0.29, 0.717) is 6.42 Å². The van der Waals surface area contributed by atoms with E-state index in [9.17, 15) is 22.8 Å². The number of amides is 1. The Hall–Kier alpha value is -3.67. The highest BCUT2D eigenvalue weighted by Gasteiger charge is 2.60. The summed E-state index contributed by atoms with van der Waals surface area (Å²) in [6, 6.07) is 10.9. The molecule has 7 nitrogen and oxygen atoms in total. The molecule has 1 aliphatic heterocycles. The highest BCUT2D eigenvalue weighted by molar-refractivity contribution is 6.30. The van der Waals surface area contributed by atoms with Crippen LogP contribution in [0.15, 0.2) is 60.7 Å². The van der Waals surface area contributed by atoms with Crippen molar-refractivity contribution in [2.45, 2.75) is 56.8 Å². The molecule has 0 aromatic heterocycles. The summed E-state index contributed by atoms with van der Waals surface area (Å²) in [7, 11) is 2.55. The topological polar surface area (TPSA) is 103 Å². The molecule has 4 N–H and O–H groups in total. The Morgan fingerprint density at radius 1 is 1.04 bits per heavy atom. The first-order chi connectivity index (χ1) is 21.1. The highest BCUT2D eigenvalue weighted by atomic mass is 35.5. The second-order valence-corrected chi connectivity index (χ2v) is 12.7. The van der Waals surface area contributed by atoms with Gasteiger partial charge < -0.3 is 25.8 Å². The number of carbonyl (C=O) groups is 2. The summed E-state index contributed by atoms with van der Waals surface area (Å²) in [5.74, 6) is -3.23. The van der Waals surface area contributed by atoms with Crippen LogP contribution in [0.5, 0.6) is 5.75 Å². The molecule has 1 saturated heterocycles. The van der Waals surface area contributed by atoms with Gasteiger partial charge in [0.05, 0.1) is 37.1 Å². The Bertz CT molecular complexity index is 1580. The zero-order chi connectivity index (χ0) is 33.3. The Balaban J connectivity index is 1.97. The molecule has 0 unspecified atom stereocenters. The number of halogens is 5. The summed E-state index contributed by atoms with van der Waals surface area (Å²) >= 11 is 6.34. The zero-order valence-corrected chi connectivity index (χ0v) is 26.3. The first-order valence-electron chi connectivity index (χ1n) is 14.2. The molecule has 3 aromatic carbocycles. The van der Waals surface area contributed by atoms with Gasteiger partial charge in [-0.3, -0.25) is 4.79 Å². The van der Waals surface area contributed by atoms with Gasteiger partial charge in [-0.25, -0.2) is 9.18 Å². The molecule has 4 rings (SSSR count). The maximum absolute atomic E-state index is 15.9. The summed E-state index contributed by atoms with van der Waals surface area (Å²) in [6.45, 7) is 5.49. The summed E-state index contributed by atoms with van der Waals surface area (Å²) in [6.07, 6.45) is -4.47. The van der Waals surface area contributed by atoms with Crippen molar-refractivity contribution in [1.82, 2.24) is 5.32 Å². The fourth-order valence-electron chi connectivity index (χ4n) is 6.38. The minimum absolute atomic E-state index is 0.0107. The lowest BCUT2D eigenvalue weighted by Gasteiger charge is -2.42. The Kier molecular flexibility index (Phi) is 9.87. The minimum atomic E-state index is -4.79. The lowest BCUT2D eigenvalue weighted by Crippen LogP contribution is -2.50. The second-order valence-electron chi connectivity index (χ2n) is 12.3. The van der Waals surface area contributed by atoms with Gasteiger partial charge in [0.1, 0.15) is 11.6 Å². The molecule has 4 atom stereocenters. The number of benzene rings is 3. The van der Waals surface area contributed by atoms with Crippen LogP contribution in [0.4, 0.5) is 23.2 Å². The summed E-state index contributed by atoms with van der Waals surface area (Å²) < 4.78 is 69.7. The van der Waals surface area contributed by atoms with Crippen LogP contribution >= 0.6 is 11.6 Å². The van der Waals surface area contributed by atoms with Gasteiger partial charge in [-0.05, 0) is 65.4 Å². The number of anilines is 1. The van der Waals surface area contributed by atoms with Crippen molar-refractivity contribution in [3.63, 3.8) is 0 Å². The fourth-order valence-corrected chi connectivity index (χ4v) is 6.55. The van der Waals surface area contributed by atoms with E-state index in [4.69, 9.17) is 26.8 Å². The lowest BCUT2D eigenvalue weighted by molar-refractivity contribution is -0.138. The largest absolute Gasteiger partial charge is 0.495 e. The smallest absolute Gasteiger partial charge is 0.416 e. The first kappa shape index (κ1) is 34.2. The Morgan fingerprint density at radius 3 is 2.33 bits per heavy atom. The van der Waals surface area contributed by atoms with Crippen LogP contribution in [-0.2, 0) is 21.1 Å². The molecule has 12 heteroatoms. The van der Waals surface area contributed by atoms with Gasteiger partial charge in [-0.1, -0.05) is 50.6 Å². The number of carbonyl (C=O) groups excluding carboxylic acids is 2. The number of nitrogens with one attached hydrogen (secondary N) is 2. The molecule has 242 valence electrons. The third-order valence-electron chi connectivity index (χ3n) is 8.24. The predicted molar refractivity (Wildman–Crippen MR) is 164 cm³/mol. The molecule has 1 aliphatic rings.